The van der Waals surface area contributed by atoms with Crippen molar-refractivity contribution in [3.05, 3.63) is 34.4 Å². The highest BCUT2D eigenvalue weighted by Gasteiger charge is 2.54. The van der Waals surface area contributed by atoms with Crippen LogP contribution in [0.15, 0.2) is 28.9 Å². The van der Waals surface area contributed by atoms with Crippen LogP contribution >= 0.6 is 15.9 Å². The molecule has 5 nitrogen and oxygen atoms in total. The summed E-state index contributed by atoms with van der Waals surface area (Å²) in [6.45, 7) is 5.54. The molecule has 1 aromatic heterocycles. The Bertz CT molecular complexity index is 916. The first-order chi connectivity index (χ1) is 14.1. The summed E-state index contributed by atoms with van der Waals surface area (Å²) in [5, 5.41) is 0.845. The Hall–Kier alpha value is -1.50. The van der Waals surface area contributed by atoms with Gasteiger partial charge in [0.15, 0.2) is 5.78 Å². The van der Waals surface area contributed by atoms with Crippen molar-refractivity contribution in [1.82, 2.24) is 9.88 Å². The number of nitrogens with zero attached hydrogens (tertiary/aromatic N) is 2. The lowest BCUT2D eigenvalue weighted by Crippen LogP contribution is -2.33. The number of nitrogens with two attached hydrogens (primary N) is 1. The summed E-state index contributed by atoms with van der Waals surface area (Å²) in [5.41, 5.74) is 8.20. The van der Waals surface area contributed by atoms with Crippen molar-refractivity contribution in [2.75, 3.05) is 38.6 Å². The number of benzene rings is 1. The van der Waals surface area contributed by atoms with Gasteiger partial charge in [0.25, 0.3) is 0 Å². The number of carbonyl (C=O) groups is 1. The fraction of sp³-hybridized carbons (Fsp3) is 0.565. The Morgan fingerprint density at radius 3 is 2.79 bits per heavy atom. The van der Waals surface area contributed by atoms with E-state index in [4.69, 9.17) is 10.5 Å². The number of aromatic nitrogens is 1. The van der Waals surface area contributed by atoms with E-state index in [0.29, 0.717) is 17.7 Å². The van der Waals surface area contributed by atoms with Crippen LogP contribution in [0.3, 0.4) is 0 Å². The van der Waals surface area contributed by atoms with Crippen molar-refractivity contribution < 1.29 is 9.53 Å². The molecule has 3 fully saturated rings. The summed E-state index contributed by atoms with van der Waals surface area (Å²) in [7, 11) is 0. The number of Topliss-reactive ketones (excluding diaryl/α,β-unsaturated/α-hetero) is 1. The number of halogens is 1. The molecule has 0 bridgehead atoms. The molecule has 5 rings (SSSR count). The van der Waals surface area contributed by atoms with E-state index in [9.17, 15) is 4.79 Å². The molecule has 2 atom stereocenters. The van der Waals surface area contributed by atoms with Crippen LogP contribution in [0.2, 0.25) is 0 Å². The third kappa shape index (κ3) is 3.82. The van der Waals surface area contributed by atoms with Gasteiger partial charge in [-0.1, -0.05) is 0 Å². The van der Waals surface area contributed by atoms with Gasteiger partial charge in [0.05, 0.1) is 11.2 Å². The molecule has 6 heteroatoms. The highest BCUT2D eigenvalue weighted by atomic mass is 79.9. The van der Waals surface area contributed by atoms with E-state index < -0.39 is 0 Å². The van der Waals surface area contributed by atoms with Gasteiger partial charge in [-0.3, -0.25) is 9.78 Å². The second-order valence-corrected chi connectivity index (χ2v) is 9.80. The predicted octanol–water partition coefficient (Wildman–Crippen LogP) is 4.15. The van der Waals surface area contributed by atoms with Gasteiger partial charge in [-0.05, 0) is 77.1 Å². The molecule has 1 aliphatic carbocycles. The number of ether oxygens (including phenoxy) is 1. The SMILES string of the molecule is Nc1c(Br)cc(C(=O)CCC2C3CN(CC4CCOCC4)CC23)c2ncccc12. The molecule has 154 valence electrons. The second kappa shape index (κ2) is 7.97. The molecule has 0 radical (unpaired) electrons. The Labute approximate surface area is 180 Å². The summed E-state index contributed by atoms with van der Waals surface area (Å²) in [4.78, 5) is 20.1. The highest BCUT2D eigenvalue weighted by Crippen LogP contribution is 2.54. The van der Waals surface area contributed by atoms with Crippen molar-refractivity contribution in [2.45, 2.75) is 25.7 Å². The van der Waals surface area contributed by atoms with Crippen molar-refractivity contribution in [3.8, 4) is 0 Å². The van der Waals surface area contributed by atoms with Crippen LogP contribution in [-0.2, 0) is 4.74 Å². The summed E-state index contributed by atoms with van der Waals surface area (Å²) < 4.78 is 6.25. The third-order valence-corrected chi connectivity index (χ3v) is 7.85. The Kier molecular flexibility index (Phi) is 5.35. The Morgan fingerprint density at radius 2 is 2.03 bits per heavy atom. The number of hydrogen-bond acceptors (Lipinski definition) is 5. The van der Waals surface area contributed by atoms with Crippen LogP contribution in [0.5, 0.6) is 0 Å². The molecule has 0 spiro atoms. The summed E-state index contributed by atoms with van der Waals surface area (Å²) >= 11 is 3.50. The number of ketones is 1. The highest BCUT2D eigenvalue weighted by molar-refractivity contribution is 9.10. The number of nitrogen functional groups attached to an aromatic ring is 1. The van der Waals surface area contributed by atoms with Crippen LogP contribution in [0.4, 0.5) is 5.69 Å². The molecule has 2 unspecified atom stereocenters. The lowest BCUT2D eigenvalue weighted by molar-refractivity contribution is 0.0535. The minimum Gasteiger partial charge on any atom is -0.397 e. The molecule has 0 amide bonds. The standard InChI is InChI=1S/C23H28BrN3O2/c24-20-10-17(23-16(22(20)25)2-1-7-26-23)21(28)4-3-15-18-12-27(13-19(15)18)11-14-5-8-29-9-6-14/h1-2,7,10,14-15,18-19H,3-6,8-9,11-13,25H2. The zero-order valence-electron chi connectivity index (χ0n) is 16.6. The number of rotatable bonds is 6. The first-order valence-electron chi connectivity index (χ1n) is 10.8. The minimum atomic E-state index is 0.179. The lowest BCUT2D eigenvalue weighted by atomic mass is 9.98. The van der Waals surface area contributed by atoms with Crippen LogP contribution in [0.1, 0.15) is 36.0 Å². The van der Waals surface area contributed by atoms with Crippen LogP contribution in [0.25, 0.3) is 10.9 Å². The van der Waals surface area contributed by atoms with Crippen LogP contribution in [-0.4, -0.2) is 48.5 Å². The monoisotopic (exact) mass is 457 g/mol. The number of piperidine rings is 1. The fourth-order valence-electron chi connectivity index (χ4n) is 5.49. The zero-order valence-corrected chi connectivity index (χ0v) is 18.2. The van der Waals surface area contributed by atoms with Gasteiger partial charge in [-0.2, -0.15) is 0 Å². The first kappa shape index (κ1) is 19.5. The van der Waals surface area contributed by atoms with Gasteiger partial charge in [0.1, 0.15) is 0 Å². The average Bonchev–Trinajstić information content (AvgIpc) is 3.20. The van der Waals surface area contributed by atoms with Gasteiger partial charge in [0.2, 0.25) is 0 Å². The summed E-state index contributed by atoms with van der Waals surface area (Å²) in [6, 6.07) is 5.63. The van der Waals surface area contributed by atoms with E-state index in [2.05, 4.69) is 25.8 Å². The number of pyridine rings is 1. The fourth-order valence-corrected chi connectivity index (χ4v) is 5.93. The molecule has 2 N–H and O–H groups in total. The molecular weight excluding hydrogens is 430 g/mol. The van der Waals surface area contributed by atoms with Gasteiger partial charge in [-0.25, -0.2) is 0 Å². The number of carbonyl (C=O) groups excluding carboxylic acids is 1. The maximum absolute atomic E-state index is 13.0. The quantitative estimate of drug-likeness (QED) is 0.521. The largest absolute Gasteiger partial charge is 0.397 e. The van der Waals surface area contributed by atoms with Gasteiger partial charge in [-0.15, -0.1) is 0 Å². The van der Waals surface area contributed by atoms with Crippen molar-refractivity contribution in [1.29, 1.82) is 0 Å². The Balaban J connectivity index is 1.16. The minimum absolute atomic E-state index is 0.179. The van der Waals surface area contributed by atoms with Gasteiger partial charge < -0.3 is 15.4 Å². The summed E-state index contributed by atoms with van der Waals surface area (Å²) in [5.74, 6) is 3.32. The predicted molar refractivity (Wildman–Crippen MR) is 118 cm³/mol. The normalized spacial score (nSPS) is 27.3. The zero-order chi connectivity index (χ0) is 20.0. The first-order valence-corrected chi connectivity index (χ1v) is 11.6. The number of fused-ring (bicyclic) bond motifs is 2. The van der Waals surface area contributed by atoms with Gasteiger partial charge in [0, 0.05) is 60.9 Å². The molecule has 2 aliphatic heterocycles. The smallest absolute Gasteiger partial charge is 0.165 e. The van der Waals surface area contributed by atoms with E-state index >= 15 is 0 Å². The van der Waals surface area contributed by atoms with Crippen molar-refractivity contribution >= 4 is 38.3 Å². The number of likely N-dealkylation sites (tertiary alicyclic amines) is 1. The molecule has 3 aliphatic rings. The van der Waals surface area contributed by atoms with E-state index in [1.54, 1.807) is 6.20 Å². The Morgan fingerprint density at radius 1 is 1.28 bits per heavy atom. The van der Waals surface area contributed by atoms with Gasteiger partial charge >= 0.3 is 0 Å². The molecule has 1 aromatic carbocycles. The molecule has 29 heavy (non-hydrogen) atoms. The van der Waals surface area contributed by atoms with Crippen molar-refractivity contribution in [2.24, 2.45) is 23.7 Å². The van der Waals surface area contributed by atoms with E-state index in [1.165, 1.54) is 32.5 Å². The molecular formula is C23H28BrN3O2. The molecule has 1 saturated carbocycles. The molecule has 2 saturated heterocycles. The average molecular weight is 458 g/mol. The van der Waals surface area contributed by atoms with Crippen LogP contribution < -0.4 is 5.73 Å². The van der Waals surface area contributed by atoms with Crippen LogP contribution in [0, 0.1) is 23.7 Å². The van der Waals surface area contributed by atoms with E-state index in [1.807, 2.05) is 18.2 Å². The second-order valence-electron chi connectivity index (χ2n) is 8.95. The molecule has 3 heterocycles. The maximum Gasteiger partial charge on any atom is 0.165 e. The number of anilines is 1. The molecule has 2 aromatic rings. The van der Waals surface area contributed by atoms with E-state index in [0.717, 1.165) is 58.7 Å². The number of hydrogen-bond donors (Lipinski definition) is 1. The van der Waals surface area contributed by atoms with Crippen molar-refractivity contribution in [3.63, 3.8) is 0 Å². The lowest BCUT2D eigenvalue weighted by Gasteiger charge is -2.28. The summed E-state index contributed by atoms with van der Waals surface area (Å²) in [6.07, 6.45) is 5.74. The third-order valence-electron chi connectivity index (χ3n) is 7.19. The maximum atomic E-state index is 13.0. The topological polar surface area (TPSA) is 68.5 Å². The van der Waals surface area contributed by atoms with E-state index in [-0.39, 0.29) is 5.78 Å².